The fraction of sp³-hybridized carbons (Fsp3) is 0.316. The van der Waals surface area contributed by atoms with Gasteiger partial charge in [0.2, 0.25) is 0 Å². The van der Waals surface area contributed by atoms with Crippen molar-refractivity contribution >= 4 is 10.8 Å². The minimum absolute atomic E-state index is 0.296. The molecule has 114 valence electrons. The van der Waals surface area contributed by atoms with Gasteiger partial charge in [-0.3, -0.25) is 4.68 Å². The van der Waals surface area contributed by atoms with Gasteiger partial charge in [0.25, 0.3) is 0 Å². The summed E-state index contributed by atoms with van der Waals surface area (Å²) in [6, 6.07) is 15.4. The van der Waals surface area contributed by atoms with E-state index in [2.05, 4.69) is 73.7 Å². The number of nitrogens with one attached hydrogen (secondary N) is 1. The number of fused-ring (bicyclic) bond motifs is 1. The molecule has 0 radical (unpaired) electrons. The maximum absolute atomic E-state index is 4.49. The highest BCUT2D eigenvalue weighted by molar-refractivity contribution is 5.86. The van der Waals surface area contributed by atoms with Crippen LogP contribution in [0.2, 0.25) is 0 Å². The van der Waals surface area contributed by atoms with Gasteiger partial charge in [-0.1, -0.05) is 42.5 Å². The Morgan fingerprint density at radius 1 is 1.09 bits per heavy atom. The van der Waals surface area contributed by atoms with Crippen molar-refractivity contribution in [1.82, 2.24) is 15.1 Å². The van der Waals surface area contributed by atoms with Crippen molar-refractivity contribution in [2.24, 2.45) is 7.05 Å². The molecule has 3 aromatic rings. The molecule has 1 atom stereocenters. The van der Waals surface area contributed by atoms with Gasteiger partial charge in [-0.05, 0) is 37.1 Å². The predicted molar refractivity (Wildman–Crippen MR) is 91.9 cm³/mol. The third kappa shape index (κ3) is 2.64. The summed E-state index contributed by atoms with van der Waals surface area (Å²) in [5.41, 5.74) is 4.99. The maximum atomic E-state index is 4.49. The molecule has 1 heterocycles. The van der Waals surface area contributed by atoms with Gasteiger partial charge in [-0.2, -0.15) is 5.10 Å². The Bertz CT molecular complexity index is 796. The predicted octanol–water partition coefficient (Wildman–Crippen LogP) is 4.04. The van der Waals surface area contributed by atoms with Crippen LogP contribution in [0.25, 0.3) is 10.8 Å². The molecular formula is C19H23N3. The van der Waals surface area contributed by atoms with Crippen LogP contribution in [0.3, 0.4) is 0 Å². The van der Waals surface area contributed by atoms with E-state index in [9.17, 15) is 0 Å². The van der Waals surface area contributed by atoms with Gasteiger partial charge in [-0.25, -0.2) is 0 Å². The summed E-state index contributed by atoms with van der Waals surface area (Å²) in [6.45, 7) is 7.27. The third-order valence-electron chi connectivity index (χ3n) is 4.53. The zero-order valence-corrected chi connectivity index (χ0v) is 13.7. The van der Waals surface area contributed by atoms with Crippen molar-refractivity contribution in [2.45, 2.75) is 33.4 Å². The lowest BCUT2D eigenvalue weighted by Gasteiger charge is -2.17. The molecule has 1 unspecified atom stereocenters. The molecule has 3 heteroatoms. The third-order valence-corrected chi connectivity index (χ3v) is 4.53. The lowest BCUT2D eigenvalue weighted by atomic mass is 9.99. The van der Waals surface area contributed by atoms with Gasteiger partial charge in [0.1, 0.15) is 0 Å². The van der Waals surface area contributed by atoms with Gasteiger partial charge in [0, 0.05) is 30.9 Å². The Morgan fingerprint density at radius 2 is 1.82 bits per heavy atom. The number of hydrogen-bond acceptors (Lipinski definition) is 2. The molecule has 0 aliphatic carbocycles. The Kier molecular flexibility index (Phi) is 3.99. The van der Waals surface area contributed by atoms with Crippen molar-refractivity contribution in [3.05, 3.63) is 65.0 Å². The standard InChI is InChI=1S/C19H23N3/c1-13(20-12-19-14(2)21-22(4)15(19)3)17-11-7-9-16-8-5-6-10-18(16)17/h5-11,13,20H,12H2,1-4H3. The molecule has 0 aliphatic rings. The number of aromatic nitrogens is 2. The Hall–Kier alpha value is -2.13. The monoisotopic (exact) mass is 293 g/mol. The second kappa shape index (κ2) is 5.93. The molecule has 0 amide bonds. The summed E-state index contributed by atoms with van der Waals surface area (Å²) in [4.78, 5) is 0. The summed E-state index contributed by atoms with van der Waals surface area (Å²) in [5, 5.41) is 10.8. The number of nitrogens with zero attached hydrogens (tertiary/aromatic N) is 2. The van der Waals surface area contributed by atoms with Crippen LogP contribution in [-0.4, -0.2) is 9.78 Å². The van der Waals surface area contributed by atoms with E-state index in [1.807, 2.05) is 11.7 Å². The molecule has 0 saturated heterocycles. The highest BCUT2D eigenvalue weighted by Crippen LogP contribution is 2.24. The highest BCUT2D eigenvalue weighted by atomic mass is 15.3. The first kappa shape index (κ1) is 14.8. The molecule has 3 nitrogen and oxygen atoms in total. The van der Waals surface area contributed by atoms with E-state index in [1.165, 1.54) is 27.6 Å². The van der Waals surface area contributed by atoms with Crippen molar-refractivity contribution in [3.63, 3.8) is 0 Å². The number of hydrogen-bond donors (Lipinski definition) is 1. The molecular weight excluding hydrogens is 270 g/mol. The van der Waals surface area contributed by atoms with Crippen LogP contribution < -0.4 is 5.32 Å². The van der Waals surface area contributed by atoms with E-state index in [1.54, 1.807) is 0 Å². The van der Waals surface area contributed by atoms with Crippen LogP contribution >= 0.6 is 0 Å². The normalized spacial score (nSPS) is 12.7. The minimum atomic E-state index is 0.296. The lowest BCUT2D eigenvalue weighted by Crippen LogP contribution is -2.19. The van der Waals surface area contributed by atoms with Crippen LogP contribution in [0.15, 0.2) is 42.5 Å². The largest absolute Gasteiger partial charge is 0.306 e. The fourth-order valence-electron chi connectivity index (χ4n) is 3.07. The molecule has 1 aromatic heterocycles. The zero-order valence-electron chi connectivity index (χ0n) is 13.7. The molecule has 0 spiro atoms. The lowest BCUT2D eigenvalue weighted by molar-refractivity contribution is 0.575. The molecule has 0 bridgehead atoms. The Balaban J connectivity index is 1.83. The van der Waals surface area contributed by atoms with E-state index in [0.717, 1.165) is 12.2 Å². The van der Waals surface area contributed by atoms with Crippen molar-refractivity contribution in [3.8, 4) is 0 Å². The Morgan fingerprint density at radius 3 is 2.55 bits per heavy atom. The summed E-state index contributed by atoms with van der Waals surface area (Å²) in [6.07, 6.45) is 0. The molecule has 22 heavy (non-hydrogen) atoms. The average molecular weight is 293 g/mol. The average Bonchev–Trinajstić information content (AvgIpc) is 2.77. The molecule has 0 fully saturated rings. The van der Waals surface area contributed by atoms with Gasteiger partial charge in [0.05, 0.1) is 5.69 Å². The fourth-order valence-corrected chi connectivity index (χ4v) is 3.07. The van der Waals surface area contributed by atoms with Gasteiger partial charge >= 0.3 is 0 Å². The second-order valence-corrected chi connectivity index (χ2v) is 5.94. The molecule has 1 N–H and O–H groups in total. The summed E-state index contributed by atoms with van der Waals surface area (Å²) in [7, 11) is 2.00. The minimum Gasteiger partial charge on any atom is -0.306 e. The number of aryl methyl sites for hydroxylation is 2. The SMILES string of the molecule is Cc1nn(C)c(C)c1CNC(C)c1cccc2ccccc12. The first-order chi connectivity index (χ1) is 10.6. The van der Waals surface area contributed by atoms with Crippen molar-refractivity contribution in [2.75, 3.05) is 0 Å². The Labute approximate surface area is 132 Å². The first-order valence-electron chi connectivity index (χ1n) is 7.78. The van der Waals surface area contributed by atoms with Crippen LogP contribution in [-0.2, 0) is 13.6 Å². The van der Waals surface area contributed by atoms with E-state index >= 15 is 0 Å². The van der Waals surface area contributed by atoms with Crippen LogP contribution in [0.4, 0.5) is 0 Å². The summed E-state index contributed by atoms with van der Waals surface area (Å²) >= 11 is 0. The van der Waals surface area contributed by atoms with Crippen molar-refractivity contribution in [1.29, 1.82) is 0 Å². The topological polar surface area (TPSA) is 29.9 Å². The first-order valence-corrected chi connectivity index (χ1v) is 7.78. The van der Waals surface area contributed by atoms with Gasteiger partial charge in [0.15, 0.2) is 0 Å². The summed E-state index contributed by atoms with van der Waals surface area (Å²) in [5.74, 6) is 0. The zero-order chi connectivity index (χ0) is 15.7. The van der Waals surface area contributed by atoms with E-state index < -0.39 is 0 Å². The van der Waals surface area contributed by atoms with Crippen molar-refractivity contribution < 1.29 is 0 Å². The molecule has 3 rings (SSSR count). The van der Waals surface area contributed by atoms with Gasteiger partial charge < -0.3 is 5.32 Å². The number of benzene rings is 2. The second-order valence-electron chi connectivity index (χ2n) is 5.94. The van der Waals surface area contributed by atoms with Crippen LogP contribution in [0, 0.1) is 13.8 Å². The number of rotatable bonds is 4. The summed E-state index contributed by atoms with van der Waals surface area (Å²) < 4.78 is 1.95. The van der Waals surface area contributed by atoms with E-state index in [0.29, 0.717) is 6.04 Å². The molecule has 2 aromatic carbocycles. The highest BCUT2D eigenvalue weighted by Gasteiger charge is 2.12. The quantitative estimate of drug-likeness (QED) is 0.786. The smallest absolute Gasteiger partial charge is 0.0641 e. The van der Waals surface area contributed by atoms with Crippen LogP contribution in [0.5, 0.6) is 0 Å². The van der Waals surface area contributed by atoms with E-state index in [-0.39, 0.29) is 0 Å². The van der Waals surface area contributed by atoms with Gasteiger partial charge in [-0.15, -0.1) is 0 Å². The maximum Gasteiger partial charge on any atom is 0.0641 e. The molecule has 0 saturated carbocycles. The van der Waals surface area contributed by atoms with E-state index in [4.69, 9.17) is 0 Å². The van der Waals surface area contributed by atoms with Crippen LogP contribution in [0.1, 0.15) is 35.5 Å². The molecule has 0 aliphatic heterocycles.